The van der Waals surface area contributed by atoms with Crippen molar-refractivity contribution >= 4 is 12.1 Å². The second-order valence-corrected chi connectivity index (χ2v) is 4.01. The number of hydrogen-bond donors (Lipinski definition) is 1. The number of carbonyl (C=O) groups excluding carboxylic acids is 1. The zero-order chi connectivity index (χ0) is 13.8. The molecule has 1 heterocycles. The van der Waals surface area contributed by atoms with Crippen LogP contribution in [0.1, 0.15) is 21.6 Å². The fourth-order valence-corrected chi connectivity index (χ4v) is 1.47. The molecule has 98 valence electrons. The molecule has 0 radical (unpaired) electrons. The molecule has 0 saturated heterocycles. The molecular formula is C13H13FN4O. The van der Waals surface area contributed by atoms with E-state index in [4.69, 9.17) is 0 Å². The van der Waals surface area contributed by atoms with Crippen molar-refractivity contribution in [2.24, 2.45) is 12.1 Å². The first kappa shape index (κ1) is 12.9. The minimum absolute atomic E-state index is 0.349. The Labute approximate surface area is 109 Å². The number of hydrazone groups is 1. The maximum absolute atomic E-state index is 12.7. The van der Waals surface area contributed by atoms with Crippen LogP contribution >= 0.6 is 0 Å². The fourth-order valence-electron chi connectivity index (χ4n) is 1.47. The molecule has 0 aliphatic heterocycles. The summed E-state index contributed by atoms with van der Waals surface area (Å²) in [5, 5.41) is 7.90. The number of nitrogens with zero attached hydrogens (tertiary/aromatic N) is 3. The average Bonchev–Trinajstić information content (AvgIpc) is 2.71. The Bertz CT molecular complexity index is 616. The predicted molar refractivity (Wildman–Crippen MR) is 69.4 cm³/mol. The van der Waals surface area contributed by atoms with Crippen LogP contribution in [0.25, 0.3) is 0 Å². The van der Waals surface area contributed by atoms with Crippen molar-refractivity contribution in [2.75, 3.05) is 0 Å². The summed E-state index contributed by atoms with van der Waals surface area (Å²) in [6.45, 7) is 1.90. The zero-order valence-corrected chi connectivity index (χ0v) is 10.6. The third-order valence-electron chi connectivity index (χ3n) is 2.75. The van der Waals surface area contributed by atoms with Gasteiger partial charge in [0, 0.05) is 23.9 Å². The van der Waals surface area contributed by atoms with Gasteiger partial charge in [0.15, 0.2) is 0 Å². The Balaban J connectivity index is 2.00. The lowest BCUT2D eigenvalue weighted by Crippen LogP contribution is -2.17. The van der Waals surface area contributed by atoms with Crippen LogP contribution in [0.5, 0.6) is 0 Å². The Morgan fingerprint density at radius 2 is 2.11 bits per heavy atom. The molecule has 0 unspecified atom stereocenters. The number of benzene rings is 1. The number of nitrogens with one attached hydrogen (secondary N) is 1. The monoisotopic (exact) mass is 260 g/mol. The molecule has 2 rings (SSSR count). The molecule has 0 bridgehead atoms. The summed E-state index contributed by atoms with van der Waals surface area (Å²) >= 11 is 0. The van der Waals surface area contributed by atoms with Gasteiger partial charge in [-0.3, -0.25) is 9.48 Å². The van der Waals surface area contributed by atoms with Crippen molar-refractivity contribution in [3.05, 3.63) is 53.1 Å². The lowest BCUT2D eigenvalue weighted by Gasteiger charge is -1.99. The van der Waals surface area contributed by atoms with Gasteiger partial charge in [0.1, 0.15) is 5.82 Å². The minimum Gasteiger partial charge on any atom is -0.272 e. The van der Waals surface area contributed by atoms with Gasteiger partial charge in [0.2, 0.25) is 0 Å². The van der Waals surface area contributed by atoms with E-state index in [0.29, 0.717) is 5.56 Å². The number of hydrogen-bond acceptors (Lipinski definition) is 3. The number of carbonyl (C=O) groups is 1. The van der Waals surface area contributed by atoms with Gasteiger partial charge in [-0.1, -0.05) is 0 Å². The molecule has 1 amide bonds. The third kappa shape index (κ3) is 3.04. The topological polar surface area (TPSA) is 59.3 Å². The van der Waals surface area contributed by atoms with Crippen LogP contribution in [0.2, 0.25) is 0 Å². The van der Waals surface area contributed by atoms with Crippen LogP contribution in [-0.2, 0) is 7.05 Å². The third-order valence-corrected chi connectivity index (χ3v) is 2.75. The molecule has 0 atom stereocenters. The minimum atomic E-state index is -0.391. The molecule has 0 aliphatic carbocycles. The van der Waals surface area contributed by atoms with Crippen molar-refractivity contribution < 1.29 is 9.18 Å². The largest absolute Gasteiger partial charge is 0.272 e. The van der Waals surface area contributed by atoms with Crippen LogP contribution in [0, 0.1) is 12.7 Å². The number of rotatable bonds is 3. The summed E-state index contributed by atoms with van der Waals surface area (Å²) in [5.74, 6) is -0.774. The van der Waals surface area contributed by atoms with E-state index in [9.17, 15) is 9.18 Å². The van der Waals surface area contributed by atoms with Gasteiger partial charge in [-0.2, -0.15) is 10.2 Å². The first-order valence-electron chi connectivity index (χ1n) is 5.65. The highest BCUT2D eigenvalue weighted by Gasteiger charge is 2.04. The molecule has 19 heavy (non-hydrogen) atoms. The van der Waals surface area contributed by atoms with E-state index in [1.54, 1.807) is 10.9 Å². The van der Waals surface area contributed by atoms with Gasteiger partial charge in [-0.25, -0.2) is 9.82 Å². The molecule has 1 aromatic heterocycles. The molecule has 5 nitrogen and oxygen atoms in total. The van der Waals surface area contributed by atoms with Crippen LogP contribution < -0.4 is 5.43 Å². The summed E-state index contributed by atoms with van der Waals surface area (Å²) in [6, 6.07) is 5.25. The van der Waals surface area contributed by atoms with Crippen LogP contribution in [-0.4, -0.2) is 21.9 Å². The van der Waals surface area contributed by atoms with Crippen LogP contribution in [0.3, 0.4) is 0 Å². The van der Waals surface area contributed by atoms with Crippen molar-refractivity contribution in [3.8, 4) is 0 Å². The summed E-state index contributed by atoms with van der Waals surface area (Å²) in [5.41, 5.74) is 4.49. The lowest BCUT2D eigenvalue weighted by atomic mass is 10.2. The molecule has 6 heteroatoms. The van der Waals surface area contributed by atoms with E-state index in [-0.39, 0.29) is 5.82 Å². The first-order chi connectivity index (χ1) is 9.08. The fraction of sp³-hybridized carbons (Fsp3) is 0.154. The highest BCUT2D eigenvalue weighted by molar-refractivity contribution is 5.94. The second kappa shape index (κ2) is 5.43. The standard InChI is InChI=1S/C13H13FN4O/c1-9-11(8-16-18(9)2)7-15-17-13(19)10-3-5-12(14)6-4-10/h3-8H,1-2H3,(H,17,19)/b15-7+. The SMILES string of the molecule is Cc1c(/C=N/NC(=O)c2ccc(F)cc2)cnn1C. The molecule has 0 saturated carbocycles. The smallest absolute Gasteiger partial charge is 0.271 e. The quantitative estimate of drug-likeness (QED) is 0.673. The Morgan fingerprint density at radius 1 is 1.42 bits per heavy atom. The van der Waals surface area contributed by atoms with E-state index >= 15 is 0 Å². The summed E-state index contributed by atoms with van der Waals surface area (Å²) in [7, 11) is 1.82. The number of aromatic nitrogens is 2. The Hall–Kier alpha value is -2.50. The van der Waals surface area contributed by atoms with Gasteiger partial charge in [-0.15, -0.1) is 0 Å². The first-order valence-corrected chi connectivity index (χ1v) is 5.65. The summed E-state index contributed by atoms with van der Waals surface area (Å²) in [6.07, 6.45) is 3.17. The summed E-state index contributed by atoms with van der Waals surface area (Å²) < 4.78 is 14.4. The van der Waals surface area contributed by atoms with E-state index in [0.717, 1.165) is 11.3 Å². The average molecular weight is 260 g/mol. The van der Waals surface area contributed by atoms with Crippen molar-refractivity contribution in [1.82, 2.24) is 15.2 Å². The Morgan fingerprint density at radius 3 is 2.68 bits per heavy atom. The molecule has 0 spiro atoms. The predicted octanol–water partition coefficient (Wildman–Crippen LogP) is 1.63. The molecular weight excluding hydrogens is 247 g/mol. The highest BCUT2D eigenvalue weighted by Crippen LogP contribution is 2.03. The van der Waals surface area contributed by atoms with E-state index in [1.807, 2.05) is 14.0 Å². The van der Waals surface area contributed by atoms with E-state index < -0.39 is 5.91 Å². The van der Waals surface area contributed by atoms with E-state index in [1.165, 1.54) is 30.5 Å². The maximum Gasteiger partial charge on any atom is 0.271 e. The Kier molecular flexibility index (Phi) is 3.70. The van der Waals surface area contributed by atoms with Gasteiger partial charge < -0.3 is 0 Å². The normalized spacial score (nSPS) is 10.9. The van der Waals surface area contributed by atoms with Gasteiger partial charge in [0.05, 0.1) is 12.4 Å². The van der Waals surface area contributed by atoms with Crippen molar-refractivity contribution in [3.63, 3.8) is 0 Å². The molecule has 1 N–H and O–H groups in total. The molecule has 0 fully saturated rings. The van der Waals surface area contributed by atoms with Crippen LogP contribution in [0.15, 0.2) is 35.6 Å². The molecule has 1 aromatic carbocycles. The van der Waals surface area contributed by atoms with Gasteiger partial charge >= 0.3 is 0 Å². The van der Waals surface area contributed by atoms with Crippen LogP contribution in [0.4, 0.5) is 4.39 Å². The number of amides is 1. The number of aryl methyl sites for hydroxylation is 1. The maximum atomic E-state index is 12.7. The molecule has 2 aromatic rings. The van der Waals surface area contributed by atoms with E-state index in [2.05, 4.69) is 15.6 Å². The zero-order valence-electron chi connectivity index (χ0n) is 10.6. The second-order valence-electron chi connectivity index (χ2n) is 4.01. The van der Waals surface area contributed by atoms with Crippen molar-refractivity contribution in [2.45, 2.75) is 6.92 Å². The highest BCUT2D eigenvalue weighted by atomic mass is 19.1. The van der Waals surface area contributed by atoms with Gasteiger partial charge in [0.25, 0.3) is 5.91 Å². The summed E-state index contributed by atoms with van der Waals surface area (Å²) in [4.78, 5) is 11.7. The van der Waals surface area contributed by atoms with Gasteiger partial charge in [-0.05, 0) is 31.2 Å². The number of halogens is 1. The molecule has 0 aliphatic rings. The van der Waals surface area contributed by atoms with Crippen molar-refractivity contribution in [1.29, 1.82) is 0 Å². The lowest BCUT2D eigenvalue weighted by molar-refractivity contribution is 0.0955.